The van der Waals surface area contributed by atoms with E-state index in [0.29, 0.717) is 5.76 Å². The zero-order valence-corrected chi connectivity index (χ0v) is 13.2. The first-order valence-corrected chi connectivity index (χ1v) is 8.08. The number of carbonyl (C=O) groups excluding carboxylic acids is 1. The highest BCUT2D eigenvalue weighted by Gasteiger charge is 2.29. The molecule has 120 valence electrons. The Bertz CT molecular complexity index is 564. The summed E-state index contributed by atoms with van der Waals surface area (Å²) in [6.07, 6.45) is 0.949. The number of aromatic nitrogens is 1. The molecule has 0 saturated carbocycles. The van der Waals surface area contributed by atoms with Crippen LogP contribution in [0.25, 0.3) is 0 Å². The van der Waals surface area contributed by atoms with E-state index in [-0.39, 0.29) is 25.0 Å². The molecule has 1 rings (SSSR count). The maximum Gasteiger partial charge on any atom is 0.316 e. The molecule has 0 aliphatic heterocycles. The van der Waals surface area contributed by atoms with Gasteiger partial charge in [0.2, 0.25) is 0 Å². The molecule has 1 aromatic rings. The van der Waals surface area contributed by atoms with Crippen LogP contribution in [0.15, 0.2) is 10.6 Å². The molecule has 21 heavy (non-hydrogen) atoms. The maximum atomic E-state index is 11.7. The zero-order chi connectivity index (χ0) is 16.0. The molecular weight excluding hydrogens is 302 g/mol. The molecule has 0 amide bonds. The topological polar surface area (TPSA) is 105 Å². The molecule has 0 bridgehead atoms. The number of carbonyl (C=O) groups is 1. The van der Waals surface area contributed by atoms with Crippen molar-refractivity contribution in [3.05, 3.63) is 11.8 Å². The van der Waals surface area contributed by atoms with E-state index >= 15 is 0 Å². The minimum Gasteiger partial charge on any atom is -0.473 e. The highest BCUT2D eigenvalue weighted by Crippen LogP contribution is 2.28. The first-order valence-electron chi connectivity index (χ1n) is 6.26. The second kappa shape index (κ2) is 7.41. The van der Waals surface area contributed by atoms with Crippen LogP contribution in [0.1, 0.15) is 25.5 Å². The molecule has 0 N–H and O–H groups in total. The Morgan fingerprint density at radius 3 is 2.57 bits per heavy atom. The van der Waals surface area contributed by atoms with Crippen molar-refractivity contribution in [1.29, 1.82) is 0 Å². The van der Waals surface area contributed by atoms with Crippen molar-refractivity contribution < 1.29 is 31.4 Å². The van der Waals surface area contributed by atoms with Gasteiger partial charge in [-0.15, -0.1) is 0 Å². The lowest BCUT2D eigenvalue weighted by Crippen LogP contribution is -2.19. The minimum atomic E-state index is -3.50. The molecule has 1 unspecified atom stereocenters. The van der Waals surface area contributed by atoms with Gasteiger partial charge in [0.1, 0.15) is 19.1 Å². The van der Waals surface area contributed by atoms with Gasteiger partial charge in [-0.25, -0.2) is 0 Å². The van der Waals surface area contributed by atoms with E-state index < -0.39 is 22.0 Å². The summed E-state index contributed by atoms with van der Waals surface area (Å²) in [6.45, 7) is 3.56. The van der Waals surface area contributed by atoms with Crippen LogP contribution in [0, 0.1) is 5.92 Å². The van der Waals surface area contributed by atoms with Crippen molar-refractivity contribution in [3.63, 3.8) is 0 Å². The van der Waals surface area contributed by atoms with E-state index in [4.69, 9.17) is 14.0 Å². The number of rotatable bonds is 8. The van der Waals surface area contributed by atoms with Crippen LogP contribution in [0.5, 0.6) is 5.88 Å². The maximum absolute atomic E-state index is 11.7. The summed E-state index contributed by atoms with van der Waals surface area (Å²) in [5, 5.41) is 3.66. The summed E-state index contributed by atoms with van der Waals surface area (Å²) < 4.78 is 41.0. The standard InChI is InChI=1S/C12H19NO7S/c1-8(2)11(12(14)17-3)9-7-10(13-20-9)18-5-6-19-21(4,15)16/h7-8,11H,5-6H2,1-4H3. The Labute approximate surface area is 123 Å². The van der Waals surface area contributed by atoms with Gasteiger partial charge in [-0.2, -0.15) is 8.42 Å². The third-order valence-corrected chi connectivity index (χ3v) is 3.16. The van der Waals surface area contributed by atoms with E-state index in [1.807, 2.05) is 13.8 Å². The van der Waals surface area contributed by atoms with Gasteiger partial charge >= 0.3 is 5.97 Å². The van der Waals surface area contributed by atoms with Crippen molar-refractivity contribution in [1.82, 2.24) is 5.16 Å². The predicted octanol–water partition coefficient (Wildman–Crippen LogP) is 0.942. The van der Waals surface area contributed by atoms with Crippen molar-refractivity contribution in [2.75, 3.05) is 26.6 Å². The molecule has 0 fully saturated rings. The van der Waals surface area contributed by atoms with Gasteiger partial charge in [0.15, 0.2) is 5.76 Å². The number of nitrogens with zero attached hydrogens (tertiary/aromatic N) is 1. The van der Waals surface area contributed by atoms with Crippen LogP contribution in [-0.4, -0.2) is 46.1 Å². The average Bonchev–Trinajstić information content (AvgIpc) is 2.81. The van der Waals surface area contributed by atoms with Crippen LogP contribution in [0.3, 0.4) is 0 Å². The van der Waals surface area contributed by atoms with Crippen molar-refractivity contribution >= 4 is 16.1 Å². The van der Waals surface area contributed by atoms with Gasteiger partial charge < -0.3 is 14.0 Å². The van der Waals surface area contributed by atoms with Gasteiger partial charge in [0, 0.05) is 6.07 Å². The second-order valence-electron chi connectivity index (χ2n) is 4.69. The minimum absolute atomic E-state index is 0.0103. The van der Waals surface area contributed by atoms with Crippen LogP contribution in [0.4, 0.5) is 0 Å². The van der Waals surface area contributed by atoms with Gasteiger partial charge in [-0.1, -0.05) is 13.8 Å². The van der Waals surface area contributed by atoms with E-state index in [0.717, 1.165) is 6.26 Å². The summed E-state index contributed by atoms with van der Waals surface area (Å²) >= 11 is 0. The molecule has 0 saturated heterocycles. The number of esters is 1. The van der Waals surface area contributed by atoms with Crippen molar-refractivity contribution in [2.45, 2.75) is 19.8 Å². The number of methoxy groups -OCH3 is 1. The molecule has 1 aromatic heterocycles. The predicted molar refractivity (Wildman–Crippen MR) is 72.4 cm³/mol. The van der Waals surface area contributed by atoms with Crippen LogP contribution < -0.4 is 4.74 Å². The first kappa shape index (κ1) is 17.4. The summed E-state index contributed by atoms with van der Waals surface area (Å²) in [6, 6.07) is 1.47. The third-order valence-electron chi connectivity index (χ3n) is 2.57. The third kappa shape index (κ3) is 5.72. The normalized spacial score (nSPS) is 13.2. The van der Waals surface area contributed by atoms with E-state index in [9.17, 15) is 13.2 Å². The molecule has 8 nitrogen and oxygen atoms in total. The fourth-order valence-electron chi connectivity index (χ4n) is 1.66. The van der Waals surface area contributed by atoms with Crippen LogP contribution >= 0.6 is 0 Å². The summed E-state index contributed by atoms with van der Waals surface area (Å²) in [5.41, 5.74) is 0. The highest BCUT2D eigenvalue weighted by atomic mass is 32.2. The van der Waals surface area contributed by atoms with Crippen molar-refractivity contribution in [2.24, 2.45) is 5.92 Å². The molecule has 9 heteroatoms. The molecule has 0 radical (unpaired) electrons. The SMILES string of the molecule is COC(=O)C(c1cc(OCCOS(C)(=O)=O)no1)C(C)C. The van der Waals surface area contributed by atoms with Gasteiger partial charge in [0.05, 0.1) is 13.4 Å². The average molecular weight is 321 g/mol. The van der Waals surface area contributed by atoms with Crippen LogP contribution in [0.2, 0.25) is 0 Å². The van der Waals surface area contributed by atoms with E-state index in [1.54, 1.807) is 0 Å². The molecule has 0 aromatic carbocycles. The monoisotopic (exact) mass is 321 g/mol. The molecule has 0 aliphatic rings. The number of hydrogen-bond donors (Lipinski definition) is 0. The van der Waals surface area contributed by atoms with Crippen LogP contribution in [-0.2, 0) is 23.8 Å². The number of ether oxygens (including phenoxy) is 2. The summed E-state index contributed by atoms with van der Waals surface area (Å²) in [4.78, 5) is 11.7. The molecule has 1 heterocycles. The van der Waals surface area contributed by atoms with Crippen molar-refractivity contribution in [3.8, 4) is 5.88 Å². The lowest BCUT2D eigenvalue weighted by atomic mass is 9.93. The fourth-order valence-corrected chi connectivity index (χ4v) is 2.03. The Morgan fingerprint density at radius 1 is 1.38 bits per heavy atom. The molecular formula is C12H19NO7S. The Morgan fingerprint density at radius 2 is 2.05 bits per heavy atom. The quantitative estimate of drug-likeness (QED) is 0.396. The largest absolute Gasteiger partial charge is 0.473 e. The fraction of sp³-hybridized carbons (Fsp3) is 0.667. The Balaban J connectivity index is 2.61. The summed E-state index contributed by atoms with van der Waals surface area (Å²) in [5.74, 6) is -0.556. The van der Waals surface area contributed by atoms with Gasteiger partial charge in [-0.3, -0.25) is 8.98 Å². The Hall–Kier alpha value is -1.61. The smallest absolute Gasteiger partial charge is 0.316 e. The zero-order valence-electron chi connectivity index (χ0n) is 12.4. The lowest BCUT2D eigenvalue weighted by Gasteiger charge is -2.14. The first-order chi connectivity index (χ1) is 9.74. The second-order valence-corrected chi connectivity index (χ2v) is 6.33. The van der Waals surface area contributed by atoms with Gasteiger partial charge in [-0.05, 0) is 11.1 Å². The highest BCUT2D eigenvalue weighted by molar-refractivity contribution is 7.85. The van der Waals surface area contributed by atoms with E-state index in [2.05, 4.69) is 9.34 Å². The molecule has 1 atom stereocenters. The van der Waals surface area contributed by atoms with E-state index in [1.165, 1.54) is 13.2 Å². The van der Waals surface area contributed by atoms with Gasteiger partial charge in [0.25, 0.3) is 16.0 Å². The Kier molecular flexibility index (Phi) is 6.16. The molecule has 0 spiro atoms. The molecule has 0 aliphatic carbocycles. The summed E-state index contributed by atoms with van der Waals surface area (Å²) in [7, 11) is -2.20. The number of hydrogen-bond acceptors (Lipinski definition) is 8. The lowest BCUT2D eigenvalue weighted by molar-refractivity contribution is -0.144.